The van der Waals surface area contributed by atoms with Crippen LogP contribution in [0.3, 0.4) is 0 Å². The van der Waals surface area contributed by atoms with Crippen LogP contribution in [-0.2, 0) is 11.3 Å². The molecule has 0 saturated carbocycles. The first-order chi connectivity index (χ1) is 7.06. The second-order valence-corrected chi connectivity index (χ2v) is 3.53. The van der Waals surface area contributed by atoms with E-state index in [0.29, 0.717) is 18.7 Å². The van der Waals surface area contributed by atoms with Crippen molar-refractivity contribution in [2.75, 3.05) is 6.54 Å². The zero-order valence-corrected chi connectivity index (χ0v) is 9.29. The maximum atomic E-state index is 10.7. The van der Waals surface area contributed by atoms with Crippen LogP contribution >= 0.6 is 0 Å². The lowest BCUT2D eigenvalue weighted by Gasteiger charge is -2.09. The summed E-state index contributed by atoms with van der Waals surface area (Å²) in [6, 6.07) is 4.01. The van der Waals surface area contributed by atoms with Gasteiger partial charge in [0.1, 0.15) is 6.07 Å². The van der Waals surface area contributed by atoms with Gasteiger partial charge >= 0.3 is 0 Å². The predicted octanol–water partition coefficient (Wildman–Crippen LogP) is 1.11. The van der Waals surface area contributed by atoms with E-state index in [-0.39, 0.29) is 5.91 Å². The highest BCUT2D eigenvalue weighted by molar-refractivity contribution is 5.72. The van der Waals surface area contributed by atoms with Gasteiger partial charge in [-0.3, -0.25) is 4.79 Å². The Kier molecular flexibility index (Phi) is 3.51. The molecule has 15 heavy (non-hydrogen) atoms. The van der Waals surface area contributed by atoms with Crippen molar-refractivity contribution in [3.05, 3.63) is 23.0 Å². The second kappa shape index (κ2) is 4.65. The first-order valence-electron chi connectivity index (χ1n) is 4.87. The Morgan fingerprint density at radius 3 is 2.73 bits per heavy atom. The van der Waals surface area contributed by atoms with Crippen molar-refractivity contribution in [3.63, 3.8) is 0 Å². The Hall–Kier alpha value is -1.76. The van der Waals surface area contributed by atoms with Crippen molar-refractivity contribution in [1.82, 2.24) is 9.88 Å². The molecule has 0 spiro atoms. The number of aryl methyl sites for hydroxylation is 1. The maximum Gasteiger partial charge on any atom is 0.216 e. The minimum absolute atomic E-state index is 0.0297. The van der Waals surface area contributed by atoms with E-state index in [1.807, 2.05) is 24.5 Å². The molecule has 1 rings (SSSR count). The molecule has 0 aliphatic rings. The van der Waals surface area contributed by atoms with E-state index in [0.717, 1.165) is 11.4 Å². The topological polar surface area (TPSA) is 57.8 Å². The van der Waals surface area contributed by atoms with Gasteiger partial charge in [0.05, 0.1) is 5.56 Å². The third-order valence-electron chi connectivity index (χ3n) is 2.40. The zero-order chi connectivity index (χ0) is 11.4. The van der Waals surface area contributed by atoms with Gasteiger partial charge in [0.2, 0.25) is 5.91 Å². The van der Waals surface area contributed by atoms with Crippen LogP contribution in [-0.4, -0.2) is 17.0 Å². The number of nitriles is 1. The summed E-state index contributed by atoms with van der Waals surface area (Å²) in [5, 5.41) is 11.6. The Morgan fingerprint density at radius 1 is 1.60 bits per heavy atom. The molecule has 1 aromatic rings. The van der Waals surface area contributed by atoms with Crippen LogP contribution in [0.4, 0.5) is 0 Å². The number of hydrogen-bond donors (Lipinski definition) is 1. The maximum absolute atomic E-state index is 10.7. The van der Waals surface area contributed by atoms with E-state index in [1.165, 1.54) is 6.92 Å². The van der Waals surface area contributed by atoms with Gasteiger partial charge in [-0.25, -0.2) is 0 Å². The number of nitrogens with zero attached hydrogens (tertiary/aromatic N) is 2. The summed E-state index contributed by atoms with van der Waals surface area (Å²) in [6.45, 7) is 6.67. The SMILES string of the molecule is CC(=O)NCCn1c(C)cc(C#N)c1C. The van der Waals surface area contributed by atoms with Crippen molar-refractivity contribution in [1.29, 1.82) is 5.26 Å². The van der Waals surface area contributed by atoms with Crippen LogP contribution in [0.1, 0.15) is 23.9 Å². The number of carbonyl (C=O) groups excluding carboxylic acids is 1. The van der Waals surface area contributed by atoms with Crippen LogP contribution in [0.2, 0.25) is 0 Å². The molecule has 1 amide bonds. The second-order valence-electron chi connectivity index (χ2n) is 3.53. The van der Waals surface area contributed by atoms with Crippen LogP contribution in [0.5, 0.6) is 0 Å². The number of aromatic nitrogens is 1. The average molecular weight is 205 g/mol. The highest BCUT2D eigenvalue weighted by atomic mass is 16.1. The Bertz CT molecular complexity index is 412. The fraction of sp³-hybridized carbons (Fsp3) is 0.455. The van der Waals surface area contributed by atoms with E-state index < -0.39 is 0 Å². The molecular formula is C11H15N3O. The fourth-order valence-corrected chi connectivity index (χ4v) is 1.60. The predicted molar refractivity (Wildman–Crippen MR) is 57.3 cm³/mol. The molecule has 1 aromatic heterocycles. The largest absolute Gasteiger partial charge is 0.355 e. The van der Waals surface area contributed by atoms with Gasteiger partial charge in [-0.2, -0.15) is 5.26 Å². The van der Waals surface area contributed by atoms with E-state index in [1.54, 1.807) is 0 Å². The summed E-state index contributed by atoms with van der Waals surface area (Å²) in [7, 11) is 0. The summed E-state index contributed by atoms with van der Waals surface area (Å²) in [4.78, 5) is 10.7. The Labute approximate surface area is 89.5 Å². The fourth-order valence-electron chi connectivity index (χ4n) is 1.60. The number of hydrogen-bond acceptors (Lipinski definition) is 2. The van der Waals surface area contributed by atoms with E-state index in [4.69, 9.17) is 5.26 Å². The lowest BCUT2D eigenvalue weighted by atomic mass is 10.3. The Balaban J connectivity index is 2.73. The molecule has 0 bridgehead atoms. The molecule has 1 N–H and O–H groups in total. The average Bonchev–Trinajstić information content (AvgIpc) is 2.44. The smallest absolute Gasteiger partial charge is 0.216 e. The van der Waals surface area contributed by atoms with Crippen LogP contribution in [0.15, 0.2) is 6.07 Å². The monoisotopic (exact) mass is 205 g/mol. The van der Waals surface area contributed by atoms with E-state index >= 15 is 0 Å². The summed E-state index contributed by atoms with van der Waals surface area (Å²) in [5.74, 6) is -0.0297. The van der Waals surface area contributed by atoms with Gasteiger partial charge in [0.25, 0.3) is 0 Å². The number of amides is 1. The molecule has 0 aromatic carbocycles. The zero-order valence-electron chi connectivity index (χ0n) is 9.29. The molecule has 0 radical (unpaired) electrons. The van der Waals surface area contributed by atoms with Gasteiger partial charge in [-0.15, -0.1) is 0 Å². The molecule has 0 atom stereocenters. The molecule has 4 heteroatoms. The van der Waals surface area contributed by atoms with Gasteiger partial charge in [-0.1, -0.05) is 0 Å². The summed E-state index contributed by atoms with van der Waals surface area (Å²) >= 11 is 0. The first kappa shape index (κ1) is 11.3. The van der Waals surface area contributed by atoms with Gasteiger partial charge in [-0.05, 0) is 19.9 Å². The lowest BCUT2D eigenvalue weighted by Crippen LogP contribution is -2.25. The summed E-state index contributed by atoms with van der Waals surface area (Å²) < 4.78 is 2.04. The van der Waals surface area contributed by atoms with Gasteiger partial charge < -0.3 is 9.88 Å². The van der Waals surface area contributed by atoms with Crippen molar-refractivity contribution in [3.8, 4) is 6.07 Å². The minimum Gasteiger partial charge on any atom is -0.355 e. The molecule has 1 heterocycles. The molecule has 0 aliphatic heterocycles. The summed E-state index contributed by atoms with van der Waals surface area (Å²) in [6.07, 6.45) is 0. The molecule has 0 saturated heterocycles. The van der Waals surface area contributed by atoms with Crippen molar-refractivity contribution in [2.45, 2.75) is 27.3 Å². The molecular weight excluding hydrogens is 190 g/mol. The molecule has 0 unspecified atom stereocenters. The van der Waals surface area contributed by atoms with E-state index in [9.17, 15) is 4.79 Å². The first-order valence-corrected chi connectivity index (χ1v) is 4.87. The molecule has 4 nitrogen and oxygen atoms in total. The van der Waals surface area contributed by atoms with Gasteiger partial charge in [0.15, 0.2) is 0 Å². The number of rotatable bonds is 3. The molecule has 0 aliphatic carbocycles. The highest BCUT2D eigenvalue weighted by Gasteiger charge is 2.07. The Morgan fingerprint density at radius 2 is 2.27 bits per heavy atom. The van der Waals surface area contributed by atoms with Crippen molar-refractivity contribution >= 4 is 5.91 Å². The van der Waals surface area contributed by atoms with Crippen molar-refractivity contribution in [2.24, 2.45) is 0 Å². The molecule has 80 valence electrons. The normalized spacial score (nSPS) is 9.73. The third kappa shape index (κ3) is 2.59. The molecule has 0 fully saturated rings. The number of nitrogens with one attached hydrogen (secondary N) is 1. The van der Waals surface area contributed by atoms with Crippen molar-refractivity contribution < 1.29 is 4.79 Å². The summed E-state index contributed by atoms with van der Waals surface area (Å²) in [5.41, 5.74) is 2.71. The minimum atomic E-state index is -0.0297. The van der Waals surface area contributed by atoms with Gasteiger partial charge in [0, 0.05) is 31.4 Å². The van der Waals surface area contributed by atoms with Crippen LogP contribution in [0.25, 0.3) is 0 Å². The van der Waals surface area contributed by atoms with Crippen LogP contribution in [0, 0.1) is 25.2 Å². The lowest BCUT2D eigenvalue weighted by molar-refractivity contribution is -0.118. The van der Waals surface area contributed by atoms with E-state index in [2.05, 4.69) is 11.4 Å². The highest BCUT2D eigenvalue weighted by Crippen LogP contribution is 2.13. The third-order valence-corrected chi connectivity index (χ3v) is 2.40. The standard InChI is InChI=1S/C11H15N3O/c1-8-6-11(7-12)9(2)14(8)5-4-13-10(3)15/h6H,4-5H2,1-3H3,(H,13,15). The number of carbonyl (C=O) groups is 1. The quantitative estimate of drug-likeness (QED) is 0.803. The van der Waals surface area contributed by atoms with Crippen LogP contribution < -0.4 is 5.32 Å².